The monoisotopic (exact) mass is 645 g/mol. The number of nitrogens with zero attached hydrogens (tertiary/aromatic N) is 4. The van der Waals surface area contributed by atoms with E-state index in [9.17, 15) is 14.6 Å². The molecule has 1 aromatic heterocycles. The third-order valence-electron chi connectivity index (χ3n) is 11.4. The summed E-state index contributed by atoms with van der Waals surface area (Å²) < 4.78 is 52.7. The lowest BCUT2D eigenvalue weighted by Crippen LogP contribution is -2.51. The van der Waals surface area contributed by atoms with Crippen LogP contribution < -0.4 is 15.0 Å². The Bertz CT molecular complexity index is 1880. The molecule has 0 radical (unpaired) electrons. The molecule has 4 atom stereocenters. The smallest absolute Gasteiger partial charge is 0.319 e. The quantitative estimate of drug-likeness (QED) is 0.237. The fraction of sp³-hybridized carbons (Fsp3) is 0.500. The Labute approximate surface area is 270 Å². The van der Waals surface area contributed by atoms with Gasteiger partial charge in [-0.15, -0.1) is 0 Å². The minimum absolute atomic E-state index is 0.000282. The molecule has 4 aromatic rings. The first kappa shape index (κ1) is 29.5. The molecule has 5 fully saturated rings. The summed E-state index contributed by atoms with van der Waals surface area (Å²) in [5.74, 6) is -2.46. The molecule has 0 amide bonds. The second-order valence-corrected chi connectivity index (χ2v) is 14.6. The molecule has 0 spiro atoms. The van der Waals surface area contributed by atoms with Gasteiger partial charge < -0.3 is 25.2 Å². The summed E-state index contributed by atoms with van der Waals surface area (Å²) in [5, 5.41) is 25.0. The molecule has 1 aliphatic carbocycles. The van der Waals surface area contributed by atoms with Crippen molar-refractivity contribution >= 4 is 27.5 Å². The SMILES string of the molecule is Oc1cc(-c2ccc3c(N4CC5CCC(C4)N5)nc(OCC4(CN5C6CCC5CC(O)C6)CC4)nc3c2F)c2c(F)c(F)ccc2c1. The fourth-order valence-electron chi connectivity index (χ4n) is 8.84. The topological polar surface area (TPSA) is 94.0 Å². The van der Waals surface area contributed by atoms with E-state index in [0.29, 0.717) is 42.0 Å². The fourth-order valence-corrected chi connectivity index (χ4v) is 8.84. The van der Waals surface area contributed by atoms with Gasteiger partial charge in [0.1, 0.15) is 17.1 Å². The van der Waals surface area contributed by atoms with E-state index in [1.165, 1.54) is 24.3 Å². The van der Waals surface area contributed by atoms with Crippen molar-refractivity contribution in [3.8, 4) is 22.9 Å². The second kappa shape index (κ2) is 10.9. The van der Waals surface area contributed by atoms with Crippen LogP contribution in [0.15, 0.2) is 36.4 Å². The third-order valence-corrected chi connectivity index (χ3v) is 11.4. The zero-order valence-corrected chi connectivity index (χ0v) is 26.1. The van der Waals surface area contributed by atoms with Crippen molar-refractivity contribution in [1.82, 2.24) is 20.2 Å². The minimum atomic E-state index is -1.10. The van der Waals surface area contributed by atoms with Crippen molar-refractivity contribution in [3.05, 3.63) is 53.8 Å². The number of phenolic OH excluding ortho intramolecular Hbond substituents is 1. The Balaban J connectivity index is 1.10. The van der Waals surface area contributed by atoms with Gasteiger partial charge >= 0.3 is 6.01 Å². The van der Waals surface area contributed by atoms with Gasteiger partial charge in [0.2, 0.25) is 0 Å². The van der Waals surface area contributed by atoms with Crippen LogP contribution in [-0.4, -0.2) is 81.6 Å². The predicted octanol–water partition coefficient (Wildman–Crippen LogP) is 5.66. The van der Waals surface area contributed by atoms with E-state index >= 15 is 8.78 Å². The molecule has 9 rings (SSSR count). The molecule has 5 aliphatic rings. The first-order chi connectivity index (χ1) is 22.7. The lowest BCUT2D eigenvalue weighted by atomic mass is 9.95. The number of piperidine rings is 1. The van der Waals surface area contributed by atoms with E-state index in [1.807, 2.05) is 0 Å². The summed E-state index contributed by atoms with van der Waals surface area (Å²) in [4.78, 5) is 14.2. The Morgan fingerprint density at radius 2 is 1.64 bits per heavy atom. The second-order valence-electron chi connectivity index (χ2n) is 14.6. The number of hydrogen-bond donors (Lipinski definition) is 3. The molecule has 4 bridgehead atoms. The van der Waals surface area contributed by atoms with E-state index in [2.05, 4.69) is 20.1 Å². The number of ether oxygens (including phenoxy) is 1. The maximum Gasteiger partial charge on any atom is 0.319 e. The molecular formula is C36H38F3N5O3. The largest absolute Gasteiger partial charge is 0.508 e. The van der Waals surface area contributed by atoms with Crippen molar-refractivity contribution in [3.63, 3.8) is 0 Å². The van der Waals surface area contributed by atoms with Gasteiger partial charge in [-0.1, -0.05) is 12.1 Å². The molecule has 11 heteroatoms. The molecule has 3 aromatic carbocycles. The molecule has 1 saturated carbocycles. The molecule has 4 unspecified atom stereocenters. The summed E-state index contributed by atoms with van der Waals surface area (Å²) in [6, 6.07) is 9.75. The number of aliphatic hydroxyl groups is 1. The minimum Gasteiger partial charge on any atom is -0.508 e. The normalized spacial score (nSPS) is 28.0. The maximum absolute atomic E-state index is 16.8. The molecule has 4 aliphatic heterocycles. The third kappa shape index (κ3) is 5.09. The van der Waals surface area contributed by atoms with Crippen LogP contribution in [0.3, 0.4) is 0 Å². The van der Waals surface area contributed by atoms with Crippen LogP contribution in [0.25, 0.3) is 32.8 Å². The number of aromatic hydroxyl groups is 1. The highest BCUT2D eigenvalue weighted by Gasteiger charge is 2.50. The average Bonchev–Trinajstić information content (AvgIpc) is 3.69. The highest BCUT2D eigenvalue weighted by molar-refractivity contribution is 6.01. The van der Waals surface area contributed by atoms with Gasteiger partial charge in [-0.2, -0.15) is 9.97 Å². The number of hydrogen-bond acceptors (Lipinski definition) is 8. The number of phenols is 1. The zero-order chi connectivity index (χ0) is 32.0. The molecular weight excluding hydrogens is 607 g/mol. The number of nitrogens with one attached hydrogen (secondary N) is 1. The first-order valence-corrected chi connectivity index (χ1v) is 16.9. The van der Waals surface area contributed by atoms with E-state index in [4.69, 9.17) is 9.72 Å². The van der Waals surface area contributed by atoms with Crippen molar-refractivity contribution in [2.24, 2.45) is 5.41 Å². The Hall–Kier alpha value is -3.67. The first-order valence-electron chi connectivity index (χ1n) is 16.9. The van der Waals surface area contributed by atoms with Crippen molar-refractivity contribution in [2.45, 2.75) is 81.6 Å². The summed E-state index contributed by atoms with van der Waals surface area (Å²) in [6.45, 7) is 2.76. The molecule has 8 nitrogen and oxygen atoms in total. The van der Waals surface area contributed by atoms with Gasteiger partial charge in [0.05, 0.1) is 12.7 Å². The van der Waals surface area contributed by atoms with E-state index in [-0.39, 0.29) is 50.7 Å². The number of aromatic nitrogens is 2. The van der Waals surface area contributed by atoms with Gasteiger partial charge in [0, 0.05) is 65.6 Å². The number of benzene rings is 3. The summed E-state index contributed by atoms with van der Waals surface area (Å²) in [6.07, 6.45) is 7.86. The molecule has 4 saturated heterocycles. The van der Waals surface area contributed by atoms with Gasteiger partial charge in [-0.3, -0.25) is 4.90 Å². The van der Waals surface area contributed by atoms with Crippen LogP contribution in [0.2, 0.25) is 0 Å². The molecule has 3 N–H and O–H groups in total. The van der Waals surface area contributed by atoms with Crippen LogP contribution in [0, 0.1) is 22.9 Å². The van der Waals surface area contributed by atoms with Gasteiger partial charge in [0.25, 0.3) is 0 Å². The van der Waals surface area contributed by atoms with E-state index in [1.54, 1.807) is 6.07 Å². The van der Waals surface area contributed by atoms with Crippen LogP contribution >= 0.6 is 0 Å². The number of piperazine rings is 1. The zero-order valence-electron chi connectivity index (χ0n) is 26.1. The summed E-state index contributed by atoms with van der Waals surface area (Å²) in [5.41, 5.74) is 0.0467. The van der Waals surface area contributed by atoms with Crippen LogP contribution in [0.5, 0.6) is 11.8 Å². The van der Waals surface area contributed by atoms with Crippen molar-refractivity contribution < 1.29 is 28.1 Å². The number of fused-ring (bicyclic) bond motifs is 6. The van der Waals surface area contributed by atoms with Crippen LogP contribution in [-0.2, 0) is 0 Å². The van der Waals surface area contributed by atoms with Gasteiger partial charge in [-0.05, 0) is 86.6 Å². The van der Waals surface area contributed by atoms with Crippen LogP contribution in [0.1, 0.15) is 51.4 Å². The Morgan fingerprint density at radius 1 is 0.894 bits per heavy atom. The maximum atomic E-state index is 16.8. The van der Waals surface area contributed by atoms with Gasteiger partial charge in [0.15, 0.2) is 17.5 Å². The Morgan fingerprint density at radius 3 is 2.36 bits per heavy atom. The molecule has 246 valence electrons. The number of halogens is 3. The average molecular weight is 646 g/mol. The summed E-state index contributed by atoms with van der Waals surface area (Å²) in [7, 11) is 0. The lowest BCUT2D eigenvalue weighted by Gasteiger charge is -2.39. The summed E-state index contributed by atoms with van der Waals surface area (Å²) >= 11 is 0. The van der Waals surface area contributed by atoms with Crippen molar-refractivity contribution in [1.29, 1.82) is 0 Å². The van der Waals surface area contributed by atoms with Crippen molar-refractivity contribution in [2.75, 3.05) is 31.1 Å². The lowest BCUT2D eigenvalue weighted by molar-refractivity contribution is 0.0182. The van der Waals surface area contributed by atoms with E-state index in [0.717, 1.165) is 77.1 Å². The number of aliphatic hydroxyl groups excluding tert-OH is 1. The highest BCUT2D eigenvalue weighted by atomic mass is 19.2. The molecule has 47 heavy (non-hydrogen) atoms. The number of rotatable bonds is 7. The number of anilines is 1. The van der Waals surface area contributed by atoms with E-state index < -0.39 is 17.5 Å². The van der Waals surface area contributed by atoms with Crippen LogP contribution in [0.4, 0.5) is 19.0 Å². The standard InChI is InChI=1S/C36H38F3N5O3/c37-29-8-1-19-11-24(45)14-28(30(19)32(29)39)26-6-7-27-33(31(26)38)41-35(42-34(27)43-15-20-2-3-21(16-43)40-20)47-18-36(9-10-36)17-44-22-4-5-23(44)13-25(46)12-22/h1,6-8,11,14,20-23,25,40,45-46H,2-5,9-10,12-13,15-18H2. The Kier molecular flexibility index (Phi) is 6.85. The molecule has 5 heterocycles. The predicted molar refractivity (Wildman–Crippen MR) is 172 cm³/mol. The van der Waals surface area contributed by atoms with Gasteiger partial charge in [-0.25, -0.2) is 13.2 Å². The highest BCUT2D eigenvalue weighted by Crippen LogP contribution is 2.50.